The van der Waals surface area contributed by atoms with Crippen molar-refractivity contribution in [2.75, 3.05) is 0 Å². The van der Waals surface area contributed by atoms with Gasteiger partial charge in [0, 0.05) is 88.7 Å². The molecule has 16 rings (SSSR count). The number of aliphatic hydroxyl groups excluding tert-OH is 2. The molecular formula is C76H64Cd2Fe2N8O4-16. The zero-order valence-electron chi connectivity index (χ0n) is 50.7. The van der Waals surface area contributed by atoms with Crippen LogP contribution in [0.2, 0.25) is 0 Å². The number of allylic oxidation sites excluding steroid dienone is 10. The van der Waals surface area contributed by atoms with Crippen molar-refractivity contribution in [1.82, 2.24) is 0 Å². The van der Waals surface area contributed by atoms with Crippen molar-refractivity contribution in [3.63, 3.8) is 0 Å². The third-order valence-corrected chi connectivity index (χ3v) is 13.5. The second kappa shape index (κ2) is 39.9. The molecule has 16 heteroatoms. The van der Waals surface area contributed by atoms with Gasteiger partial charge < -0.3 is 104 Å². The molecule has 0 fully saturated rings. The van der Waals surface area contributed by atoms with E-state index in [1.165, 1.54) is 12.2 Å². The van der Waals surface area contributed by atoms with E-state index < -0.39 is 12.6 Å². The molecule has 12 nitrogen and oxygen atoms in total. The topological polar surface area (TPSA) is 194 Å². The van der Waals surface area contributed by atoms with Gasteiger partial charge in [-0.05, 0) is 41.7 Å². The minimum absolute atomic E-state index is 0. The van der Waals surface area contributed by atoms with Gasteiger partial charge in [-0.2, -0.15) is 105 Å². The van der Waals surface area contributed by atoms with Gasteiger partial charge in [-0.25, -0.2) is 24.3 Å². The molecule has 0 saturated carbocycles. The Morgan fingerprint density at radius 2 is 0.565 bits per heavy atom. The molecule has 0 amide bonds. The van der Waals surface area contributed by atoms with E-state index in [2.05, 4.69) is 140 Å². The first-order valence-corrected chi connectivity index (χ1v) is 28.4. The van der Waals surface area contributed by atoms with Crippen LogP contribution >= 0.6 is 0 Å². The quantitative estimate of drug-likeness (QED) is 0.0774. The van der Waals surface area contributed by atoms with Crippen molar-refractivity contribution < 1.29 is 109 Å². The number of hydrogen-bond donors (Lipinski definition) is 4. The fourth-order valence-corrected chi connectivity index (χ4v) is 9.27. The minimum Gasteiger partial charge on any atom is -0.684 e. The van der Waals surface area contributed by atoms with Crippen LogP contribution in [-0.4, -0.2) is 33.0 Å². The second-order valence-corrected chi connectivity index (χ2v) is 19.7. The standard InChI is InChI=1S/4C12H8N2.2C9H11O2.2C5H5.2Cd.2Fe/c4*1-3-9-5-6-10-4-2-8-14-12(10)11(9)13-7-1;2*1-7(6-9(10)11)8-4-2-3-5-8;2*1-2-4-5-3-1;;;;/h4*1-8H;2*2-6,9-11H,1H3;2*1-5H;;;;/q4*-2;-5;3*-1;;;;. The van der Waals surface area contributed by atoms with E-state index in [0.29, 0.717) is 0 Å². The maximum atomic E-state index is 8.60. The van der Waals surface area contributed by atoms with Crippen LogP contribution in [0.5, 0.6) is 0 Å². The third kappa shape index (κ3) is 22.0. The molecular weight excluding hydrogens is 1430 g/mol. The van der Waals surface area contributed by atoms with E-state index >= 15 is 0 Å². The fraction of sp³-hybridized carbons (Fsp3) is 0.0526. The Hall–Kier alpha value is -8.24. The second-order valence-electron chi connectivity index (χ2n) is 19.7. The average Bonchev–Trinajstić information content (AvgIpc) is 1.03. The summed E-state index contributed by atoms with van der Waals surface area (Å²) in [6.45, 7) is 3.68. The third-order valence-electron chi connectivity index (χ3n) is 13.5. The van der Waals surface area contributed by atoms with E-state index in [1.807, 2.05) is 172 Å². The number of benzene rings is 4. The molecule has 8 aromatic rings. The van der Waals surface area contributed by atoms with Gasteiger partial charge >= 0.3 is 0 Å². The smallest absolute Gasteiger partial charge is 0.137 e. The van der Waals surface area contributed by atoms with Crippen LogP contribution in [0, 0.1) is 0 Å². The van der Waals surface area contributed by atoms with Gasteiger partial charge in [-0.15, -0.1) is 68.8 Å². The van der Waals surface area contributed by atoms with Crippen molar-refractivity contribution in [3.05, 3.63) is 363 Å². The Morgan fingerprint density at radius 3 is 0.761 bits per heavy atom. The van der Waals surface area contributed by atoms with Crippen LogP contribution in [0.3, 0.4) is 0 Å². The van der Waals surface area contributed by atoms with Crippen LogP contribution < -0.4 is 41.7 Å². The summed E-state index contributed by atoms with van der Waals surface area (Å²) >= 11 is 0. The van der Waals surface area contributed by atoms with E-state index in [-0.39, 0.29) is 88.7 Å². The molecule has 92 heavy (non-hydrogen) atoms. The Morgan fingerprint density at radius 1 is 0.348 bits per heavy atom. The Bertz CT molecular complexity index is 3750. The Balaban J connectivity index is 0.000000193. The van der Waals surface area contributed by atoms with Crippen LogP contribution in [0.15, 0.2) is 268 Å². The number of fused-ring (bicyclic) bond motifs is 12. The predicted molar refractivity (Wildman–Crippen MR) is 368 cm³/mol. The number of aliphatic hydroxyl groups is 4. The summed E-state index contributed by atoms with van der Waals surface area (Å²) in [5.41, 5.74) is 11.6. The molecule has 0 bridgehead atoms. The average molecular weight is 1490 g/mol. The summed E-state index contributed by atoms with van der Waals surface area (Å²) < 4.78 is 0. The molecule has 0 unspecified atom stereocenters. The molecule has 8 aliphatic rings. The minimum atomic E-state index is -1.36. The van der Waals surface area contributed by atoms with Gasteiger partial charge in [0.15, 0.2) is 0 Å². The molecule has 0 aromatic heterocycles. The van der Waals surface area contributed by atoms with Gasteiger partial charge in [0.2, 0.25) is 0 Å². The van der Waals surface area contributed by atoms with Crippen molar-refractivity contribution >= 4 is 105 Å². The van der Waals surface area contributed by atoms with Crippen LogP contribution in [0.1, 0.15) is 25.0 Å². The summed E-state index contributed by atoms with van der Waals surface area (Å²) in [5, 5.41) is 78.3. The Labute approximate surface area is 598 Å². The SMILES string of the molecule is C1=C[N-]c2c3c(ccc2=C1)=CC=C[N-]3.C1=C[N-]c2c3c(ccc2=C1)=CC=C[N-]3.C1=C[N-]c2c3c(ccc2=C1)=CC=C[N-]3.C1=C[N-]c2c3c(ccc2=C1)=CC=C[N-]3.CC(=CC(O)O)[c-]1[cH-][cH-][cH-][cH-]1.CC(=CC(O)O)[c-]1cccc1.[Cd].[Cd].[Fe].[Fe].c1cc[cH-]c1.c1cc[cH-]c1. The van der Waals surface area contributed by atoms with Crippen molar-refractivity contribution in [2.45, 2.75) is 26.4 Å². The Kier molecular flexibility index (Phi) is 32.3. The molecule has 4 N–H and O–H groups in total. The molecule has 0 saturated heterocycles. The van der Waals surface area contributed by atoms with E-state index in [9.17, 15) is 0 Å². The summed E-state index contributed by atoms with van der Waals surface area (Å²) in [4.78, 5) is 0. The van der Waals surface area contributed by atoms with E-state index in [1.54, 1.807) is 49.6 Å². The molecule has 0 spiro atoms. The number of nitrogens with zero attached hydrogens (tertiary/aromatic N) is 8. The first kappa shape index (κ1) is 74.5. The van der Waals surface area contributed by atoms with Gasteiger partial charge in [0.05, 0.1) is 6.29 Å². The van der Waals surface area contributed by atoms with Gasteiger partial charge in [0.1, 0.15) is 6.29 Å². The molecule has 8 aromatic carbocycles. The van der Waals surface area contributed by atoms with Crippen molar-refractivity contribution in [3.8, 4) is 0 Å². The van der Waals surface area contributed by atoms with E-state index in [0.717, 1.165) is 110 Å². The normalized spacial score (nSPS) is 13.3. The van der Waals surface area contributed by atoms with Crippen molar-refractivity contribution in [2.24, 2.45) is 0 Å². The molecule has 8 aliphatic heterocycles. The molecule has 0 aliphatic carbocycles. The maximum Gasteiger partial charge on any atom is 0.137 e. The fourth-order valence-electron chi connectivity index (χ4n) is 9.27. The number of hydrogen-bond acceptors (Lipinski definition) is 4. The van der Waals surface area contributed by atoms with Gasteiger partial charge in [0.25, 0.3) is 0 Å². The summed E-state index contributed by atoms with van der Waals surface area (Å²) in [6, 6.07) is 52.0. The summed E-state index contributed by atoms with van der Waals surface area (Å²) in [5.74, 6) is 0. The molecule has 8 heterocycles. The summed E-state index contributed by atoms with van der Waals surface area (Å²) in [7, 11) is 0. The van der Waals surface area contributed by atoms with Gasteiger partial charge in [-0.1, -0.05) is 159 Å². The zero-order chi connectivity index (χ0) is 61.1. The van der Waals surface area contributed by atoms with E-state index in [4.69, 9.17) is 20.4 Å². The van der Waals surface area contributed by atoms with Crippen LogP contribution in [-0.2, 0) is 88.7 Å². The van der Waals surface area contributed by atoms with Crippen LogP contribution in [0.4, 0.5) is 45.5 Å². The van der Waals surface area contributed by atoms with Gasteiger partial charge in [-0.3, -0.25) is 0 Å². The zero-order valence-corrected chi connectivity index (χ0v) is 60.9. The largest absolute Gasteiger partial charge is 0.684 e. The molecule has 468 valence electrons. The number of rotatable bonds is 4. The van der Waals surface area contributed by atoms with Crippen LogP contribution in [0.25, 0.3) is 102 Å². The van der Waals surface area contributed by atoms with Crippen molar-refractivity contribution in [1.29, 1.82) is 0 Å². The summed E-state index contributed by atoms with van der Waals surface area (Å²) in [6.07, 6.45) is 46.4. The predicted octanol–water partition coefficient (Wildman–Crippen LogP) is 14.3. The monoisotopic (exact) mass is 1490 g/mol. The molecule has 0 radical (unpaired) electrons. The first-order chi connectivity index (χ1) is 43.2. The first-order valence-electron chi connectivity index (χ1n) is 28.4. The molecule has 0 atom stereocenters. The maximum absolute atomic E-state index is 8.60.